The van der Waals surface area contributed by atoms with Gasteiger partial charge in [-0.25, -0.2) is 4.98 Å². The maximum Gasteiger partial charge on any atom is 0.163 e. The van der Waals surface area contributed by atoms with Crippen LogP contribution in [0.3, 0.4) is 0 Å². The van der Waals surface area contributed by atoms with Gasteiger partial charge in [0, 0.05) is 54.1 Å². The summed E-state index contributed by atoms with van der Waals surface area (Å²) in [7, 11) is 0. The third-order valence-electron chi connectivity index (χ3n) is 5.89. The molecule has 2 atom stereocenters. The molecule has 1 aromatic heterocycles. The van der Waals surface area contributed by atoms with Crippen LogP contribution in [0, 0.1) is 18.3 Å². The molecule has 0 spiro atoms. The number of rotatable bonds is 2. The van der Waals surface area contributed by atoms with Gasteiger partial charge >= 0.3 is 0 Å². The topological polar surface area (TPSA) is 64.0 Å². The number of nitrogens with zero attached hydrogens (tertiary/aromatic N) is 3. The molecule has 4 heterocycles. The Hall–Kier alpha value is -2.23. The van der Waals surface area contributed by atoms with Crippen LogP contribution in [0.4, 0.5) is 17.1 Å². The SMILES string of the molecule is Cc1cnc(C#N)c(Nc2cc3c4c(c2)[C@@H]2CNCC[C@@H]2N4CCSC3)c1. The second kappa shape index (κ2) is 6.74. The van der Waals surface area contributed by atoms with Gasteiger partial charge in [0.2, 0.25) is 0 Å². The molecule has 138 valence electrons. The number of hydrogen-bond donors (Lipinski definition) is 2. The molecule has 27 heavy (non-hydrogen) atoms. The highest BCUT2D eigenvalue weighted by molar-refractivity contribution is 7.98. The Balaban J connectivity index is 1.58. The van der Waals surface area contributed by atoms with Crippen molar-refractivity contribution in [2.75, 3.05) is 35.6 Å². The molecule has 3 aliphatic rings. The molecule has 0 bridgehead atoms. The maximum atomic E-state index is 9.41. The average Bonchev–Trinajstić information content (AvgIpc) is 2.84. The van der Waals surface area contributed by atoms with E-state index < -0.39 is 0 Å². The Labute approximate surface area is 164 Å². The third-order valence-corrected chi connectivity index (χ3v) is 6.88. The Kier molecular flexibility index (Phi) is 4.22. The van der Waals surface area contributed by atoms with Crippen molar-refractivity contribution < 1.29 is 0 Å². The molecule has 5 rings (SSSR count). The summed E-state index contributed by atoms with van der Waals surface area (Å²) < 4.78 is 0. The molecule has 1 saturated heterocycles. The minimum atomic E-state index is 0.445. The highest BCUT2D eigenvalue weighted by Gasteiger charge is 2.41. The molecule has 0 amide bonds. The zero-order valence-electron chi connectivity index (χ0n) is 15.5. The number of aromatic nitrogens is 1. The van der Waals surface area contributed by atoms with Crippen LogP contribution in [0.5, 0.6) is 0 Å². The number of pyridine rings is 1. The largest absolute Gasteiger partial charge is 0.367 e. The Morgan fingerprint density at radius 3 is 3.19 bits per heavy atom. The number of fused-ring (bicyclic) bond motifs is 3. The van der Waals surface area contributed by atoms with E-state index in [1.54, 1.807) is 6.20 Å². The van der Waals surface area contributed by atoms with E-state index >= 15 is 0 Å². The summed E-state index contributed by atoms with van der Waals surface area (Å²) >= 11 is 2.02. The summed E-state index contributed by atoms with van der Waals surface area (Å²) in [5.74, 6) is 2.80. The van der Waals surface area contributed by atoms with Gasteiger partial charge in [0.15, 0.2) is 5.69 Å². The first-order chi connectivity index (χ1) is 13.2. The van der Waals surface area contributed by atoms with E-state index in [1.807, 2.05) is 24.8 Å². The number of thioether (sulfide) groups is 1. The molecule has 1 aromatic carbocycles. The predicted octanol–water partition coefficient (Wildman–Crippen LogP) is 3.52. The number of nitriles is 1. The Morgan fingerprint density at radius 1 is 1.37 bits per heavy atom. The van der Waals surface area contributed by atoms with E-state index in [4.69, 9.17) is 0 Å². The van der Waals surface area contributed by atoms with Gasteiger partial charge in [-0.1, -0.05) is 0 Å². The Morgan fingerprint density at radius 2 is 2.30 bits per heavy atom. The van der Waals surface area contributed by atoms with Gasteiger partial charge in [-0.2, -0.15) is 17.0 Å². The van der Waals surface area contributed by atoms with Crippen LogP contribution in [0.1, 0.15) is 34.7 Å². The minimum Gasteiger partial charge on any atom is -0.367 e. The van der Waals surface area contributed by atoms with Crippen LogP contribution in [0.15, 0.2) is 24.4 Å². The minimum absolute atomic E-state index is 0.445. The number of hydrogen-bond acceptors (Lipinski definition) is 6. The Bertz CT molecular complexity index is 935. The van der Waals surface area contributed by atoms with Gasteiger partial charge in [-0.05, 0) is 54.8 Å². The van der Waals surface area contributed by atoms with Crippen LogP contribution < -0.4 is 15.5 Å². The standard InChI is InChI=1S/C21H23N5S/c1-13-6-18(19(9-22)24-10-13)25-15-7-14-12-27-5-4-26-20-2-3-23-11-17(20)16(8-15)21(14)26/h6-8,10,17,20,23,25H,2-5,11-12H2,1H3/t17-,20-/m0/s1. The van der Waals surface area contributed by atoms with Crippen molar-refractivity contribution in [2.45, 2.75) is 31.1 Å². The fourth-order valence-electron chi connectivity index (χ4n) is 4.77. The lowest BCUT2D eigenvalue weighted by Crippen LogP contribution is -2.44. The van der Waals surface area contributed by atoms with Crippen molar-refractivity contribution in [2.24, 2.45) is 0 Å². The van der Waals surface area contributed by atoms with Gasteiger partial charge < -0.3 is 15.5 Å². The number of piperidine rings is 1. The lowest BCUT2D eigenvalue weighted by atomic mass is 9.89. The second-order valence-electron chi connectivity index (χ2n) is 7.63. The third kappa shape index (κ3) is 2.86. The molecule has 0 saturated carbocycles. The first-order valence-corrected chi connectivity index (χ1v) is 10.8. The van der Waals surface area contributed by atoms with Gasteiger partial charge in [0.05, 0.1) is 5.69 Å². The summed E-state index contributed by atoms with van der Waals surface area (Å²) in [4.78, 5) is 6.94. The second-order valence-corrected chi connectivity index (χ2v) is 8.74. The number of anilines is 3. The normalized spacial score (nSPS) is 23.2. The maximum absolute atomic E-state index is 9.41. The number of benzene rings is 1. The molecule has 5 nitrogen and oxygen atoms in total. The zero-order valence-corrected chi connectivity index (χ0v) is 16.3. The average molecular weight is 378 g/mol. The molecule has 3 aliphatic heterocycles. The molecular formula is C21H23N5S. The quantitative estimate of drug-likeness (QED) is 0.835. The van der Waals surface area contributed by atoms with Crippen molar-refractivity contribution in [1.29, 1.82) is 5.26 Å². The number of aryl methyl sites for hydroxylation is 1. The van der Waals surface area contributed by atoms with E-state index in [-0.39, 0.29) is 0 Å². The molecular weight excluding hydrogens is 354 g/mol. The van der Waals surface area contributed by atoms with Gasteiger partial charge in [-0.3, -0.25) is 0 Å². The van der Waals surface area contributed by atoms with Gasteiger partial charge in [0.1, 0.15) is 6.07 Å². The summed E-state index contributed by atoms with van der Waals surface area (Å²) in [6, 6.07) is 9.42. The molecule has 0 unspecified atom stereocenters. The van der Waals surface area contributed by atoms with E-state index in [0.29, 0.717) is 17.7 Å². The van der Waals surface area contributed by atoms with E-state index in [2.05, 4.69) is 38.7 Å². The highest BCUT2D eigenvalue weighted by atomic mass is 32.2. The lowest BCUT2D eigenvalue weighted by molar-refractivity contribution is 0.406. The van der Waals surface area contributed by atoms with Crippen molar-refractivity contribution in [3.63, 3.8) is 0 Å². The molecule has 0 aliphatic carbocycles. The summed E-state index contributed by atoms with van der Waals surface area (Å²) in [5, 5.41) is 16.5. The smallest absolute Gasteiger partial charge is 0.163 e. The van der Waals surface area contributed by atoms with Crippen LogP contribution in [0.2, 0.25) is 0 Å². The molecule has 2 aromatic rings. The monoisotopic (exact) mass is 377 g/mol. The van der Waals surface area contributed by atoms with Gasteiger partial charge in [-0.15, -0.1) is 0 Å². The molecule has 1 fully saturated rings. The van der Waals surface area contributed by atoms with Crippen LogP contribution in [0.25, 0.3) is 0 Å². The van der Waals surface area contributed by atoms with Crippen molar-refractivity contribution >= 4 is 28.8 Å². The van der Waals surface area contributed by atoms with Crippen LogP contribution in [-0.4, -0.2) is 36.4 Å². The number of nitrogens with one attached hydrogen (secondary N) is 2. The van der Waals surface area contributed by atoms with Gasteiger partial charge in [0.25, 0.3) is 0 Å². The summed E-state index contributed by atoms with van der Waals surface area (Å²) in [5.41, 5.74) is 7.72. The molecule has 2 N–H and O–H groups in total. The van der Waals surface area contributed by atoms with Crippen molar-refractivity contribution in [3.8, 4) is 6.07 Å². The van der Waals surface area contributed by atoms with E-state index in [9.17, 15) is 5.26 Å². The van der Waals surface area contributed by atoms with Crippen molar-refractivity contribution in [3.05, 3.63) is 46.8 Å². The van der Waals surface area contributed by atoms with Crippen LogP contribution in [-0.2, 0) is 5.75 Å². The molecule has 6 heteroatoms. The van der Waals surface area contributed by atoms with Crippen LogP contribution >= 0.6 is 11.8 Å². The van der Waals surface area contributed by atoms with E-state index in [1.165, 1.54) is 29.0 Å². The first kappa shape index (κ1) is 16.9. The van der Waals surface area contributed by atoms with Crippen molar-refractivity contribution in [1.82, 2.24) is 10.3 Å². The fourth-order valence-corrected chi connectivity index (χ4v) is 5.68. The molecule has 0 radical (unpaired) electrons. The predicted molar refractivity (Wildman–Crippen MR) is 111 cm³/mol. The summed E-state index contributed by atoms with van der Waals surface area (Å²) in [6.07, 6.45) is 2.96. The van der Waals surface area contributed by atoms with E-state index in [0.717, 1.165) is 42.3 Å². The lowest BCUT2D eigenvalue weighted by Gasteiger charge is -2.33. The zero-order chi connectivity index (χ0) is 18.4. The highest BCUT2D eigenvalue weighted by Crippen LogP contribution is 2.48. The summed E-state index contributed by atoms with van der Waals surface area (Å²) in [6.45, 7) is 5.32. The fraction of sp³-hybridized carbons (Fsp3) is 0.429. The first-order valence-electron chi connectivity index (χ1n) is 9.60.